The van der Waals surface area contributed by atoms with E-state index in [2.05, 4.69) is 4.98 Å². The third kappa shape index (κ3) is 5.74. The molecule has 0 saturated carbocycles. The van der Waals surface area contributed by atoms with Gasteiger partial charge in [-0.15, -0.1) is 0 Å². The summed E-state index contributed by atoms with van der Waals surface area (Å²) >= 11 is 0. The van der Waals surface area contributed by atoms with Gasteiger partial charge in [0.05, 0.1) is 12.1 Å². The summed E-state index contributed by atoms with van der Waals surface area (Å²) in [5.74, 6) is -2.94. The van der Waals surface area contributed by atoms with E-state index in [0.29, 0.717) is 11.4 Å². The van der Waals surface area contributed by atoms with Crippen molar-refractivity contribution in [3.8, 4) is 5.75 Å². The van der Waals surface area contributed by atoms with Crippen LogP contribution in [0.3, 0.4) is 0 Å². The monoisotopic (exact) mass is 300 g/mol. The van der Waals surface area contributed by atoms with E-state index < -0.39 is 30.6 Å². The Morgan fingerprint density at radius 3 is 2.52 bits per heavy atom. The molecule has 0 aliphatic rings. The van der Waals surface area contributed by atoms with Crippen molar-refractivity contribution in [2.75, 3.05) is 13.3 Å². The average molecular weight is 300 g/mol. The van der Waals surface area contributed by atoms with Gasteiger partial charge in [-0.3, -0.25) is 14.6 Å². The second-order valence-corrected chi connectivity index (χ2v) is 4.44. The molecule has 0 radical (unpaired) electrons. The Bertz CT molecular complexity index is 480. The first-order chi connectivity index (χ1) is 9.93. The molecule has 0 aromatic carbocycles. The van der Waals surface area contributed by atoms with Crippen molar-refractivity contribution >= 4 is 11.9 Å². The van der Waals surface area contributed by atoms with E-state index in [1.807, 2.05) is 0 Å². The van der Waals surface area contributed by atoms with Gasteiger partial charge in [0, 0.05) is 12.1 Å². The summed E-state index contributed by atoms with van der Waals surface area (Å²) in [5.41, 5.74) is 5.81. The second-order valence-electron chi connectivity index (χ2n) is 4.44. The Kier molecular flexibility index (Phi) is 6.54. The molecule has 2 atom stereocenters. The number of nitrogens with zero attached hydrogens (tertiary/aromatic N) is 1. The minimum absolute atomic E-state index is 0.0553. The van der Waals surface area contributed by atoms with Crippen molar-refractivity contribution in [1.29, 1.82) is 0 Å². The summed E-state index contributed by atoms with van der Waals surface area (Å²) in [6.45, 7) is -0.692. The van der Waals surface area contributed by atoms with Gasteiger partial charge in [0.25, 0.3) is 0 Å². The smallest absolute Gasteiger partial charge is 0.320 e. The standard InChI is InChI=1S/C13H17FN2O5/c14-3-4-21-10-2-1-9(16-7-10)5-8(12(17)18)6-11(15)13(19)20/h1-2,7-8,11H,3-6,15H2,(H,17,18)(H,19,20)/t8-,11-/m0/s1. The Labute approximate surface area is 120 Å². The number of carboxylic acids is 2. The maximum Gasteiger partial charge on any atom is 0.320 e. The number of carboxylic acid groups (broad SMARTS) is 2. The van der Waals surface area contributed by atoms with Gasteiger partial charge in [0.1, 0.15) is 25.1 Å². The molecular weight excluding hydrogens is 283 g/mol. The number of hydrogen-bond donors (Lipinski definition) is 3. The number of pyridine rings is 1. The van der Waals surface area contributed by atoms with Crippen LogP contribution < -0.4 is 10.5 Å². The highest BCUT2D eigenvalue weighted by Gasteiger charge is 2.25. The Balaban J connectivity index is 2.66. The summed E-state index contributed by atoms with van der Waals surface area (Å²) in [7, 11) is 0. The molecule has 1 aromatic rings. The number of rotatable bonds is 9. The highest BCUT2D eigenvalue weighted by molar-refractivity contribution is 5.75. The van der Waals surface area contributed by atoms with E-state index in [4.69, 9.17) is 20.7 Å². The van der Waals surface area contributed by atoms with Crippen LogP contribution in [-0.2, 0) is 16.0 Å². The van der Waals surface area contributed by atoms with Crippen molar-refractivity contribution in [1.82, 2.24) is 4.98 Å². The second kappa shape index (κ2) is 8.15. The van der Waals surface area contributed by atoms with Gasteiger partial charge >= 0.3 is 11.9 Å². The van der Waals surface area contributed by atoms with Crippen LogP contribution in [0.1, 0.15) is 12.1 Å². The number of hydrogen-bond acceptors (Lipinski definition) is 5. The van der Waals surface area contributed by atoms with Crippen LogP contribution in [-0.4, -0.2) is 46.5 Å². The van der Waals surface area contributed by atoms with Crippen LogP contribution in [0.5, 0.6) is 5.75 Å². The SMILES string of the molecule is N[C@@H](C[C@H](Cc1ccc(OCCF)cn1)C(=O)O)C(=O)O. The molecule has 8 heteroatoms. The predicted molar refractivity (Wildman–Crippen MR) is 70.8 cm³/mol. The highest BCUT2D eigenvalue weighted by atomic mass is 19.1. The van der Waals surface area contributed by atoms with Crippen molar-refractivity contribution in [3.63, 3.8) is 0 Å². The lowest BCUT2D eigenvalue weighted by Crippen LogP contribution is -2.35. The topological polar surface area (TPSA) is 123 Å². The lowest BCUT2D eigenvalue weighted by molar-refractivity contribution is -0.143. The van der Waals surface area contributed by atoms with Crippen LogP contribution in [0.15, 0.2) is 18.3 Å². The Hall–Kier alpha value is -2.22. The minimum Gasteiger partial charge on any atom is -0.489 e. The van der Waals surface area contributed by atoms with Gasteiger partial charge in [-0.25, -0.2) is 4.39 Å². The zero-order chi connectivity index (χ0) is 15.8. The predicted octanol–water partition coefficient (Wildman–Crippen LogP) is 0.475. The maximum absolute atomic E-state index is 11.9. The van der Waals surface area contributed by atoms with Gasteiger partial charge < -0.3 is 20.7 Å². The van der Waals surface area contributed by atoms with Crippen LogP contribution >= 0.6 is 0 Å². The van der Waals surface area contributed by atoms with E-state index in [0.717, 1.165) is 0 Å². The molecule has 1 rings (SSSR count). The molecule has 4 N–H and O–H groups in total. The largest absolute Gasteiger partial charge is 0.489 e. The molecule has 0 spiro atoms. The van der Waals surface area contributed by atoms with E-state index in [1.54, 1.807) is 12.1 Å². The molecule has 0 unspecified atom stereocenters. The number of nitrogens with two attached hydrogens (primary N) is 1. The lowest BCUT2D eigenvalue weighted by atomic mass is 9.95. The molecular formula is C13H17FN2O5. The van der Waals surface area contributed by atoms with Gasteiger partial charge in [-0.1, -0.05) is 0 Å². The van der Waals surface area contributed by atoms with Gasteiger partial charge in [-0.05, 0) is 18.6 Å². The third-order valence-corrected chi connectivity index (χ3v) is 2.80. The van der Waals surface area contributed by atoms with Crippen molar-refractivity contribution in [2.24, 2.45) is 11.7 Å². The van der Waals surface area contributed by atoms with E-state index in [1.165, 1.54) is 6.20 Å². The number of halogens is 1. The van der Waals surface area contributed by atoms with E-state index in [-0.39, 0.29) is 19.4 Å². The molecule has 1 heterocycles. The molecule has 0 aliphatic heterocycles. The van der Waals surface area contributed by atoms with Crippen molar-refractivity contribution in [3.05, 3.63) is 24.0 Å². The van der Waals surface area contributed by atoms with Gasteiger partial charge in [0.2, 0.25) is 0 Å². The van der Waals surface area contributed by atoms with Crippen LogP contribution in [0.25, 0.3) is 0 Å². The van der Waals surface area contributed by atoms with Crippen LogP contribution in [0.4, 0.5) is 4.39 Å². The van der Waals surface area contributed by atoms with Crippen molar-refractivity contribution < 1.29 is 28.9 Å². The lowest BCUT2D eigenvalue weighted by Gasteiger charge is -2.14. The Morgan fingerprint density at radius 2 is 2.05 bits per heavy atom. The zero-order valence-electron chi connectivity index (χ0n) is 11.2. The van der Waals surface area contributed by atoms with Crippen molar-refractivity contribution in [2.45, 2.75) is 18.9 Å². The molecule has 0 fully saturated rings. The summed E-state index contributed by atoms with van der Waals surface area (Å²) in [6, 6.07) is 1.86. The Morgan fingerprint density at radius 1 is 1.33 bits per heavy atom. The molecule has 1 aromatic heterocycles. The first kappa shape index (κ1) is 16.8. The number of ether oxygens (including phenoxy) is 1. The number of aromatic nitrogens is 1. The normalized spacial score (nSPS) is 13.4. The van der Waals surface area contributed by atoms with E-state index in [9.17, 15) is 14.0 Å². The maximum atomic E-state index is 11.9. The van der Waals surface area contributed by atoms with Gasteiger partial charge in [-0.2, -0.15) is 0 Å². The molecule has 7 nitrogen and oxygen atoms in total. The summed E-state index contributed by atoms with van der Waals surface area (Å²) in [6.07, 6.45) is 1.23. The highest BCUT2D eigenvalue weighted by Crippen LogP contribution is 2.16. The minimum atomic E-state index is -1.25. The average Bonchev–Trinajstić information content (AvgIpc) is 2.45. The molecule has 0 saturated heterocycles. The van der Waals surface area contributed by atoms with Crippen LogP contribution in [0, 0.1) is 5.92 Å². The quantitative estimate of drug-likeness (QED) is 0.606. The summed E-state index contributed by atoms with van der Waals surface area (Å²) in [5, 5.41) is 17.8. The first-order valence-electron chi connectivity index (χ1n) is 6.29. The molecule has 0 aliphatic carbocycles. The fraction of sp³-hybridized carbons (Fsp3) is 0.462. The third-order valence-electron chi connectivity index (χ3n) is 2.80. The first-order valence-corrected chi connectivity index (χ1v) is 6.29. The molecule has 0 amide bonds. The molecule has 21 heavy (non-hydrogen) atoms. The summed E-state index contributed by atoms with van der Waals surface area (Å²) < 4.78 is 16.9. The molecule has 0 bridgehead atoms. The number of alkyl halides is 1. The molecule has 116 valence electrons. The fourth-order valence-corrected chi connectivity index (χ4v) is 1.70. The fourth-order valence-electron chi connectivity index (χ4n) is 1.70. The van der Waals surface area contributed by atoms with Gasteiger partial charge in [0.15, 0.2) is 0 Å². The number of carbonyl (C=O) groups is 2. The number of aliphatic carboxylic acids is 2. The zero-order valence-corrected chi connectivity index (χ0v) is 11.2. The van der Waals surface area contributed by atoms with E-state index >= 15 is 0 Å². The van der Waals surface area contributed by atoms with Crippen LogP contribution in [0.2, 0.25) is 0 Å². The summed E-state index contributed by atoms with van der Waals surface area (Å²) in [4.78, 5) is 25.8.